The number of furan rings is 1. The zero-order valence-electron chi connectivity index (χ0n) is 10.7. The molecule has 2 aromatic carbocycles. The van der Waals surface area contributed by atoms with Gasteiger partial charge in [-0.25, -0.2) is 0 Å². The van der Waals surface area contributed by atoms with Gasteiger partial charge in [0.15, 0.2) is 0 Å². The average molecular weight is 270 g/mol. The fourth-order valence-electron chi connectivity index (χ4n) is 2.06. The number of rotatable bonds is 4. The van der Waals surface area contributed by atoms with Gasteiger partial charge in [0.25, 0.3) is 0 Å². The van der Waals surface area contributed by atoms with Gasteiger partial charge in [0.05, 0.1) is 0 Å². The van der Waals surface area contributed by atoms with Crippen molar-refractivity contribution in [2.24, 2.45) is 11.5 Å². The first-order valence-corrected chi connectivity index (χ1v) is 6.24. The number of fused-ring (bicyclic) bond motifs is 3. The van der Waals surface area contributed by atoms with E-state index in [1.807, 2.05) is 36.4 Å². The van der Waals surface area contributed by atoms with Crippen molar-refractivity contribution < 1.29 is 13.9 Å². The predicted octanol–water partition coefficient (Wildman–Crippen LogP) is 1.78. The van der Waals surface area contributed by atoms with Crippen LogP contribution in [-0.2, 0) is 4.79 Å². The smallest absolute Gasteiger partial charge is 0.237 e. The van der Waals surface area contributed by atoms with Crippen molar-refractivity contribution in [2.75, 3.05) is 6.61 Å². The maximum Gasteiger partial charge on any atom is 0.237 e. The number of para-hydroxylation sites is 1. The highest BCUT2D eigenvalue weighted by atomic mass is 16.5. The van der Waals surface area contributed by atoms with Crippen molar-refractivity contribution in [3.63, 3.8) is 0 Å². The number of hydrogen-bond acceptors (Lipinski definition) is 4. The summed E-state index contributed by atoms with van der Waals surface area (Å²) in [7, 11) is 0. The lowest BCUT2D eigenvalue weighted by molar-refractivity contribution is -0.119. The molecular weight excluding hydrogens is 256 g/mol. The summed E-state index contributed by atoms with van der Waals surface area (Å²) in [6, 6.07) is 12.4. The van der Waals surface area contributed by atoms with Crippen molar-refractivity contribution in [1.29, 1.82) is 0 Å². The van der Waals surface area contributed by atoms with Gasteiger partial charge in [-0.05, 0) is 24.3 Å². The molecule has 1 unspecified atom stereocenters. The van der Waals surface area contributed by atoms with Gasteiger partial charge in [-0.2, -0.15) is 0 Å². The molecule has 0 bridgehead atoms. The fourth-order valence-corrected chi connectivity index (χ4v) is 2.06. The van der Waals surface area contributed by atoms with Crippen LogP contribution in [-0.4, -0.2) is 18.6 Å². The summed E-state index contributed by atoms with van der Waals surface area (Å²) in [6.07, 6.45) is 0. The van der Waals surface area contributed by atoms with Crippen LogP contribution in [0.2, 0.25) is 0 Å². The Morgan fingerprint density at radius 3 is 2.70 bits per heavy atom. The van der Waals surface area contributed by atoms with Crippen LogP contribution in [0.15, 0.2) is 46.9 Å². The Bertz CT molecular complexity index is 779. The van der Waals surface area contributed by atoms with Crippen LogP contribution in [0, 0.1) is 0 Å². The van der Waals surface area contributed by atoms with Crippen molar-refractivity contribution in [3.8, 4) is 5.75 Å². The van der Waals surface area contributed by atoms with Crippen molar-refractivity contribution in [1.82, 2.24) is 0 Å². The molecule has 3 aromatic rings. The van der Waals surface area contributed by atoms with Crippen LogP contribution in [0.5, 0.6) is 5.75 Å². The van der Waals surface area contributed by atoms with Crippen LogP contribution in [0.3, 0.4) is 0 Å². The lowest BCUT2D eigenvalue weighted by Gasteiger charge is -2.09. The molecule has 5 nitrogen and oxygen atoms in total. The lowest BCUT2D eigenvalue weighted by Crippen LogP contribution is -2.41. The van der Waals surface area contributed by atoms with Crippen LogP contribution in [0.1, 0.15) is 0 Å². The summed E-state index contributed by atoms with van der Waals surface area (Å²) >= 11 is 0. The molecule has 0 spiro atoms. The molecule has 1 aromatic heterocycles. The molecule has 1 heterocycles. The van der Waals surface area contributed by atoms with Gasteiger partial charge in [0.1, 0.15) is 29.6 Å². The van der Waals surface area contributed by atoms with E-state index in [0.717, 1.165) is 21.9 Å². The van der Waals surface area contributed by atoms with E-state index in [4.69, 9.17) is 20.6 Å². The Hall–Kier alpha value is -2.53. The van der Waals surface area contributed by atoms with Crippen molar-refractivity contribution in [3.05, 3.63) is 42.5 Å². The number of nitrogens with two attached hydrogens (primary N) is 2. The minimum Gasteiger partial charge on any atom is -0.491 e. The van der Waals surface area contributed by atoms with Crippen LogP contribution >= 0.6 is 0 Å². The molecule has 0 saturated heterocycles. The van der Waals surface area contributed by atoms with E-state index in [9.17, 15) is 4.79 Å². The first kappa shape index (κ1) is 12.5. The zero-order valence-corrected chi connectivity index (χ0v) is 10.7. The zero-order chi connectivity index (χ0) is 14.1. The largest absolute Gasteiger partial charge is 0.491 e. The van der Waals surface area contributed by atoms with Gasteiger partial charge < -0.3 is 20.6 Å². The number of carbonyl (C=O) groups excluding carboxylic acids is 1. The summed E-state index contributed by atoms with van der Waals surface area (Å²) < 4.78 is 11.2. The fraction of sp³-hybridized carbons (Fsp3) is 0.133. The minimum absolute atomic E-state index is 0.0522. The number of carbonyl (C=O) groups is 1. The second kappa shape index (κ2) is 4.86. The summed E-state index contributed by atoms with van der Waals surface area (Å²) in [6.45, 7) is 0.0522. The summed E-state index contributed by atoms with van der Waals surface area (Å²) in [4.78, 5) is 10.9. The Balaban J connectivity index is 1.93. The third-order valence-electron chi connectivity index (χ3n) is 3.14. The first-order valence-electron chi connectivity index (χ1n) is 6.24. The number of hydrogen-bond donors (Lipinski definition) is 2. The summed E-state index contributed by atoms with van der Waals surface area (Å²) in [5, 5.41) is 1.98. The highest BCUT2D eigenvalue weighted by molar-refractivity contribution is 6.05. The Morgan fingerprint density at radius 2 is 1.90 bits per heavy atom. The van der Waals surface area contributed by atoms with Crippen molar-refractivity contribution >= 4 is 27.8 Å². The average Bonchev–Trinajstić information content (AvgIpc) is 2.82. The van der Waals surface area contributed by atoms with E-state index in [0.29, 0.717) is 5.75 Å². The molecule has 0 aliphatic carbocycles. The molecule has 102 valence electrons. The molecule has 1 amide bonds. The third-order valence-corrected chi connectivity index (χ3v) is 3.14. The van der Waals surface area contributed by atoms with Gasteiger partial charge in [-0.1, -0.05) is 18.2 Å². The van der Waals surface area contributed by atoms with Gasteiger partial charge in [-0.3, -0.25) is 4.79 Å². The van der Waals surface area contributed by atoms with Gasteiger partial charge >= 0.3 is 0 Å². The predicted molar refractivity (Wildman–Crippen MR) is 76.4 cm³/mol. The SMILES string of the molecule is NC(=O)C(N)COc1ccc2oc3ccccc3c2c1. The maximum absolute atomic E-state index is 10.9. The van der Waals surface area contributed by atoms with Crippen molar-refractivity contribution in [2.45, 2.75) is 6.04 Å². The molecule has 4 N–H and O–H groups in total. The number of ether oxygens (including phenoxy) is 1. The van der Waals surface area contributed by atoms with Gasteiger partial charge in [0, 0.05) is 10.8 Å². The summed E-state index contributed by atoms with van der Waals surface area (Å²) in [5.74, 6) is 0.0422. The monoisotopic (exact) mass is 270 g/mol. The highest BCUT2D eigenvalue weighted by Crippen LogP contribution is 2.31. The number of benzene rings is 2. The van der Waals surface area contributed by atoms with E-state index in [-0.39, 0.29) is 6.61 Å². The molecule has 3 rings (SSSR count). The Morgan fingerprint density at radius 1 is 1.15 bits per heavy atom. The number of amides is 1. The molecule has 0 radical (unpaired) electrons. The van der Waals surface area contributed by atoms with E-state index in [1.165, 1.54) is 0 Å². The first-order chi connectivity index (χ1) is 9.65. The second-order valence-corrected chi connectivity index (χ2v) is 4.58. The standard InChI is InChI=1S/C15H14N2O3/c16-12(15(17)18)8-19-9-5-6-14-11(7-9)10-3-1-2-4-13(10)20-14/h1-7,12H,8,16H2,(H2,17,18). The molecule has 1 atom stereocenters. The Kier molecular flexibility index (Phi) is 3.04. The van der Waals surface area contributed by atoms with Gasteiger partial charge in [-0.15, -0.1) is 0 Å². The molecular formula is C15H14N2O3. The Labute approximate surface area is 115 Å². The molecule has 0 saturated carbocycles. The van der Waals surface area contributed by atoms with E-state index >= 15 is 0 Å². The molecule has 0 aliphatic heterocycles. The third kappa shape index (κ3) is 2.19. The summed E-state index contributed by atoms with van der Waals surface area (Å²) in [5.41, 5.74) is 12.2. The highest BCUT2D eigenvalue weighted by Gasteiger charge is 2.11. The van der Waals surface area contributed by atoms with E-state index < -0.39 is 11.9 Å². The van der Waals surface area contributed by atoms with Crippen LogP contribution in [0.25, 0.3) is 21.9 Å². The normalized spacial score (nSPS) is 12.7. The topological polar surface area (TPSA) is 91.5 Å². The molecule has 5 heteroatoms. The molecule has 20 heavy (non-hydrogen) atoms. The quantitative estimate of drug-likeness (QED) is 0.755. The van der Waals surface area contributed by atoms with Gasteiger partial charge in [0.2, 0.25) is 5.91 Å². The van der Waals surface area contributed by atoms with Crippen LogP contribution < -0.4 is 16.2 Å². The lowest BCUT2D eigenvalue weighted by atomic mass is 10.1. The van der Waals surface area contributed by atoms with E-state index in [2.05, 4.69) is 0 Å². The maximum atomic E-state index is 10.9. The molecule has 0 aliphatic rings. The van der Waals surface area contributed by atoms with Crippen LogP contribution in [0.4, 0.5) is 0 Å². The number of primary amides is 1. The van der Waals surface area contributed by atoms with E-state index in [1.54, 1.807) is 6.07 Å². The molecule has 0 fully saturated rings. The minimum atomic E-state index is -0.813. The second-order valence-electron chi connectivity index (χ2n) is 4.58.